The lowest BCUT2D eigenvalue weighted by Crippen LogP contribution is -2.26. The van der Waals surface area contributed by atoms with Crippen molar-refractivity contribution in [2.45, 2.75) is 32.4 Å². The molecule has 5 aromatic rings. The molecule has 0 spiro atoms. The molecule has 0 radical (unpaired) electrons. The van der Waals surface area contributed by atoms with Crippen molar-refractivity contribution in [3.8, 4) is 11.3 Å². The van der Waals surface area contributed by atoms with E-state index in [1.165, 1.54) is 24.8 Å². The quantitative estimate of drug-likeness (QED) is 0.358. The summed E-state index contributed by atoms with van der Waals surface area (Å²) in [5, 5.41) is 19.1. The zero-order chi connectivity index (χ0) is 23.9. The highest BCUT2D eigenvalue weighted by atomic mass is 19.1. The first-order valence-corrected chi connectivity index (χ1v) is 12.0. The maximum atomic E-state index is 14.5. The fourth-order valence-electron chi connectivity index (χ4n) is 4.61. The number of aromatic amines is 1. The summed E-state index contributed by atoms with van der Waals surface area (Å²) in [6.07, 6.45) is 10.0. The third kappa shape index (κ3) is 4.25. The van der Waals surface area contributed by atoms with E-state index in [0.717, 1.165) is 36.0 Å². The van der Waals surface area contributed by atoms with Crippen LogP contribution in [0.5, 0.6) is 0 Å². The maximum absolute atomic E-state index is 14.5. The smallest absolute Gasteiger partial charge is 0.217 e. The van der Waals surface area contributed by atoms with Crippen LogP contribution in [0.2, 0.25) is 0 Å². The molecule has 0 amide bonds. The highest BCUT2D eigenvalue weighted by Crippen LogP contribution is 2.32. The standard InChI is InChI=1S/C25H28FN9/c1-33(2)19-8-20(24-21(9-19)29-31-25(24)26)22-15-35(32-30-22)14-18-13-34-12-17(6-7-23(34)28-18)11-27-10-16-4-3-5-16/h6-9,12-13,15-16,27H,3-5,10-11,14H2,1-2H3,(H,29,31). The van der Waals surface area contributed by atoms with Crippen LogP contribution >= 0.6 is 0 Å². The van der Waals surface area contributed by atoms with E-state index < -0.39 is 5.95 Å². The van der Waals surface area contributed by atoms with E-state index in [4.69, 9.17) is 4.98 Å². The van der Waals surface area contributed by atoms with E-state index in [-0.39, 0.29) is 0 Å². The number of hydrogen-bond acceptors (Lipinski definition) is 6. The molecule has 2 N–H and O–H groups in total. The van der Waals surface area contributed by atoms with Crippen LogP contribution in [0.15, 0.2) is 42.9 Å². The first kappa shape index (κ1) is 21.7. The molecule has 1 aliphatic rings. The third-order valence-corrected chi connectivity index (χ3v) is 6.80. The van der Waals surface area contributed by atoms with E-state index in [0.29, 0.717) is 28.7 Å². The molecule has 4 aromatic heterocycles. The number of imidazole rings is 1. The van der Waals surface area contributed by atoms with E-state index in [9.17, 15) is 4.39 Å². The number of H-pyrrole nitrogens is 1. The van der Waals surface area contributed by atoms with Crippen molar-refractivity contribution >= 4 is 22.2 Å². The Morgan fingerprint density at radius 2 is 2.06 bits per heavy atom. The van der Waals surface area contributed by atoms with Gasteiger partial charge < -0.3 is 14.6 Å². The normalized spacial score (nSPS) is 14.1. The first-order valence-electron chi connectivity index (χ1n) is 12.0. The first-order chi connectivity index (χ1) is 17.0. The summed E-state index contributed by atoms with van der Waals surface area (Å²) < 4.78 is 18.2. The molecule has 4 heterocycles. The largest absolute Gasteiger partial charge is 0.378 e. The predicted octanol–water partition coefficient (Wildman–Crippen LogP) is 3.61. The Balaban J connectivity index is 1.22. The van der Waals surface area contributed by atoms with Gasteiger partial charge in [0.15, 0.2) is 0 Å². The van der Waals surface area contributed by atoms with E-state index in [1.54, 1.807) is 4.68 Å². The third-order valence-electron chi connectivity index (χ3n) is 6.80. The van der Waals surface area contributed by atoms with Crippen molar-refractivity contribution in [3.05, 3.63) is 60.1 Å². The fraction of sp³-hybridized carbons (Fsp3) is 0.360. The molecule has 0 unspecified atom stereocenters. The number of rotatable bonds is 8. The van der Waals surface area contributed by atoms with Crippen molar-refractivity contribution in [2.24, 2.45) is 5.92 Å². The zero-order valence-corrected chi connectivity index (χ0v) is 19.9. The Hall–Kier alpha value is -3.79. The number of halogens is 1. The second-order valence-corrected chi connectivity index (χ2v) is 9.58. The summed E-state index contributed by atoms with van der Waals surface area (Å²) in [5.74, 6) is 0.366. The Morgan fingerprint density at radius 3 is 2.86 bits per heavy atom. The van der Waals surface area contributed by atoms with Gasteiger partial charge in [-0.2, -0.15) is 9.49 Å². The van der Waals surface area contributed by atoms with Crippen molar-refractivity contribution in [1.29, 1.82) is 0 Å². The van der Waals surface area contributed by atoms with Crippen LogP contribution in [0.3, 0.4) is 0 Å². The lowest BCUT2D eigenvalue weighted by atomic mass is 9.85. The highest BCUT2D eigenvalue weighted by Gasteiger charge is 2.18. The number of nitrogens with zero attached hydrogens (tertiary/aromatic N) is 7. The van der Waals surface area contributed by atoms with Crippen LogP contribution in [0.25, 0.3) is 27.8 Å². The van der Waals surface area contributed by atoms with E-state index >= 15 is 0 Å². The summed E-state index contributed by atoms with van der Waals surface area (Å²) in [4.78, 5) is 6.68. The summed E-state index contributed by atoms with van der Waals surface area (Å²) in [5.41, 5.74) is 5.70. The molecule has 0 saturated heterocycles. The number of hydrogen-bond donors (Lipinski definition) is 2. The molecule has 35 heavy (non-hydrogen) atoms. The molecule has 6 rings (SSSR count). The molecule has 0 atom stereocenters. The van der Waals surface area contributed by atoms with Gasteiger partial charge in [0.25, 0.3) is 0 Å². The molecule has 10 heteroatoms. The van der Waals surface area contributed by atoms with Crippen molar-refractivity contribution < 1.29 is 4.39 Å². The monoisotopic (exact) mass is 473 g/mol. The van der Waals surface area contributed by atoms with Crippen molar-refractivity contribution in [3.63, 3.8) is 0 Å². The summed E-state index contributed by atoms with van der Waals surface area (Å²) in [6, 6.07) is 7.91. The van der Waals surface area contributed by atoms with Gasteiger partial charge in [-0.25, -0.2) is 9.67 Å². The Morgan fingerprint density at radius 1 is 1.17 bits per heavy atom. The average Bonchev–Trinajstić information content (AvgIpc) is 3.53. The minimum absolute atomic E-state index is 0.411. The minimum atomic E-state index is -0.479. The summed E-state index contributed by atoms with van der Waals surface area (Å²) in [7, 11) is 3.87. The molecule has 1 aromatic carbocycles. The summed E-state index contributed by atoms with van der Waals surface area (Å²) >= 11 is 0. The van der Waals surface area contributed by atoms with Crippen LogP contribution in [0.1, 0.15) is 30.5 Å². The van der Waals surface area contributed by atoms with Crippen LogP contribution in [-0.4, -0.2) is 55.2 Å². The number of benzene rings is 1. The van der Waals surface area contributed by atoms with Gasteiger partial charge in [-0.05, 0) is 49.1 Å². The maximum Gasteiger partial charge on any atom is 0.217 e. The predicted molar refractivity (Wildman–Crippen MR) is 133 cm³/mol. The lowest BCUT2D eigenvalue weighted by molar-refractivity contribution is 0.301. The molecule has 1 saturated carbocycles. The molecule has 9 nitrogen and oxygen atoms in total. The molecule has 0 bridgehead atoms. The average molecular weight is 474 g/mol. The van der Waals surface area contributed by atoms with Gasteiger partial charge in [-0.3, -0.25) is 5.10 Å². The van der Waals surface area contributed by atoms with Gasteiger partial charge in [-0.1, -0.05) is 17.7 Å². The van der Waals surface area contributed by atoms with Gasteiger partial charge in [-0.15, -0.1) is 5.10 Å². The van der Waals surface area contributed by atoms with Crippen molar-refractivity contribution in [1.82, 2.24) is 39.9 Å². The SMILES string of the molecule is CN(C)c1cc(-c2cn(Cc3cn4cc(CNCC5CCC5)ccc4n3)nn2)c2c(F)[nH]nc2c1. The number of anilines is 1. The van der Waals surface area contributed by atoms with Gasteiger partial charge >= 0.3 is 0 Å². The number of aromatic nitrogens is 7. The van der Waals surface area contributed by atoms with Crippen molar-refractivity contribution in [2.75, 3.05) is 25.5 Å². The number of pyridine rings is 1. The topological polar surface area (TPSA) is 92.0 Å². The van der Waals surface area contributed by atoms with Gasteiger partial charge in [0, 0.05) is 44.3 Å². The van der Waals surface area contributed by atoms with Gasteiger partial charge in [0.1, 0.15) is 11.3 Å². The van der Waals surface area contributed by atoms with E-state index in [1.807, 2.05) is 49.6 Å². The fourth-order valence-corrected chi connectivity index (χ4v) is 4.61. The Labute approximate surface area is 202 Å². The van der Waals surface area contributed by atoms with Crippen LogP contribution in [-0.2, 0) is 13.1 Å². The summed E-state index contributed by atoms with van der Waals surface area (Å²) in [6.45, 7) is 2.42. The molecule has 0 aliphatic heterocycles. The molecule has 180 valence electrons. The Kier molecular flexibility index (Phi) is 5.44. The number of fused-ring (bicyclic) bond motifs is 2. The lowest BCUT2D eigenvalue weighted by Gasteiger charge is -2.25. The molecule has 1 aliphatic carbocycles. The van der Waals surface area contributed by atoms with Crippen LogP contribution < -0.4 is 10.2 Å². The highest BCUT2D eigenvalue weighted by molar-refractivity contribution is 5.96. The van der Waals surface area contributed by atoms with E-state index in [2.05, 4.69) is 42.5 Å². The van der Waals surface area contributed by atoms with Crippen LogP contribution in [0.4, 0.5) is 10.1 Å². The van der Waals surface area contributed by atoms with Gasteiger partial charge in [0.2, 0.25) is 5.95 Å². The Bertz CT molecular complexity index is 1490. The molecule has 1 fully saturated rings. The second kappa shape index (κ2) is 8.77. The van der Waals surface area contributed by atoms with Crippen LogP contribution in [0, 0.1) is 11.9 Å². The van der Waals surface area contributed by atoms with Gasteiger partial charge in [0.05, 0.1) is 29.3 Å². The number of nitrogens with one attached hydrogen (secondary N) is 2. The zero-order valence-electron chi connectivity index (χ0n) is 19.9. The molecular weight excluding hydrogens is 445 g/mol. The second-order valence-electron chi connectivity index (χ2n) is 9.58. The molecular formula is C25H28FN9. The minimum Gasteiger partial charge on any atom is -0.378 e.